The lowest BCUT2D eigenvalue weighted by Gasteiger charge is -2.41. The fourth-order valence-electron chi connectivity index (χ4n) is 3.46. The van der Waals surface area contributed by atoms with Crippen LogP contribution in [0.5, 0.6) is 0 Å². The number of methoxy groups -OCH3 is 1. The molecule has 0 aliphatic carbocycles. The molecule has 2 saturated heterocycles. The molecule has 0 saturated carbocycles. The predicted molar refractivity (Wildman–Crippen MR) is 78.2 cm³/mol. The van der Waals surface area contributed by atoms with Crippen molar-refractivity contribution in [1.82, 2.24) is 9.80 Å². The molecule has 0 bridgehead atoms. The van der Waals surface area contributed by atoms with E-state index in [0.717, 1.165) is 45.2 Å². The summed E-state index contributed by atoms with van der Waals surface area (Å²) in [5.74, 6) is -0.425. The van der Waals surface area contributed by atoms with E-state index in [-0.39, 0.29) is 18.5 Å². The van der Waals surface area contributed by atoms with Crippen molar-refractivity contribution >= 4 is 12.0 Å². The van der Waals surface area contributed by atoms with Crippen LogP contribution in [0.1, 0.15) is 38.5 Å². The van der Waals surface area contributed by atoms with Crippen molar-refractivity contribution in [3.63, 3.8) is 0 Å². The number of amides is 2. The molecular weight excluding hydrogens is 272 g/mol. The van der Waals surface area contributed by atoms with Gasteiger partial charge in [-0.05, 0) is 32.1 Å². The van der Waals surface area contributed by atoms with Crippen LogP contribution >= 0.6 is 0 Å². The maximum atomic E-state index is 12.7. The van der Waals surface area contributed by atoms with E-state index in [9.17, 15) is 9.59 Å². The first-order valence-corrected chi connectivity index (χ1v) is 7.88. The number of nitrogens with zero attached hydrogens (tertiary/aromatic N) is 2. The van der Waals surface area contributed by atoms with Gasteiger partial charge in [-0.25, -0.2) is 4.79 Å². The Morgan fingerprint density at radius 1 is 1.19 bits per heavy atom. The lowest BCUT2D eigenvalue weighted by Crippen LogP contribution is -2.53. The van der Waals surface area contributed by atoms with E-state index in [0.29, 0.717) is 19.1 Å². The maximum Gasteiger partial charge on any atom is 0.320 e. The zero-order valence-electron chi connectivity index (χ0n) is 12.8. The number of piperidine rings is 2. The van der Waals surface area contributed by atoms with Crippen LogP contribution in [0.25, 0.3) is 0 Å². The van der Waals surface area contributed by atoms with Gasteiger partial charge in [0.05, 0.1) is 13.0 Å². The highest BCUT2D eigenvalue weighted by Gasteiger charge is 2.33. The Morgan fingerprint density at radius 3 is 2.71 bits per heavy atom. The average molecular weight is 298 g/mol. The predicted octanol–water partition coefficient (Wildman–Crippen LogP) is 1.79. The number of urea groups is 1. The van der Waals surface area contributed by atoms with Crippen LogP contribution in [-0.2, 0) is 9.53 Å². The van der Waals surface area contributed by atoms with Crippen molar-refractivity contribution < 1.29 is 19.4 Å². The molecule has 1 N–H and O–H groups in total. The van der Waals surface area contributed by atoms with Crippen LogP contribution in [0.4, 0.5) is 4.79 Å². The van der Waals surface area contributed by atoms with Gasteiger partial charge in [-0.1, -0.05) is 0 Å². The molecule has 2 unspecified atom stereocenters. The van der Waals surface area contributed by atoms with Crippen molar-refractivity contribution in [2.75, 3.05) is 33.4 Å². The molecule has 0 radical (unpaired) electrons. The number of likely N-dealkylation sites (tertiary alicyclic amines) is 2. The normalized spacial score (nSPS) is 26.7. The second kappa shape index (κ2) is 7.64. The number of carbonyl (C=O) groups excluding carboxylic acids is 1. The van der Waals surface area contributed by atoms with Crippen LogP contribution in [-0.4, -0.2) is 66.3 Å². The third kappa shape index (κ3) is 4.33. The monoisotopic (exact) mass is 298 g/mol. The molecule has 0 aromatic heterocycles. The molecule has 6 heteroatoms. The van der Waals surface area contributed by atoms with Crippen molar-refractivity contribution in [2.24, 2.45) is 5.92 Å². The standard InChI is InChI=1S/C15H26N2O4/c1-21-11-12-5-4-7-16(10-12)15(20)17-8-3-2-6-13(17)9-14(18)19/h12-13H,2-11H2,1H3,(H,18,19). The van der Waals surface area contributed by atoms with Crippen LogP contribution < -0.4 is 0 Å². The minimum atomic E-state index is -0.824. The molecule has 0 aromatic carbocycles. The molecule has 6 nitrogen and oxygen atoms in total. The summed E-state index contributed by atoms with van der Waals surface area (Å²) in [4.78, 5) is 27.4. The average Bonchev–Trinajstić information content (AvgIpc) is 2.47. The first-order valence-electron chi connectivity index (χ1n) is 7.88. The number of aliphatic carboxylic acids is 1. The Morgan fingerprint density at radius 2 is 2.00 bits per heavy atom. The fourth-order valence-corrected chi connectivity index (χ4v) is 3.46. The minimum absolute atomic E-state index is 0.0155. The summed E-state index contributed by atoms with van der Waals surface area (Å²) in [6.07, 6.45) is 4.92. The van der Waals surface area contributed by atoms with E-state index in [4.69, 9.17) is 9.84 Å². The summed E-state index contributed by atoms with van der Waals surface area (Å²) in [7, 11) is 1.69. The molecule has 2 amide bonds. The summed E-state index contributed by atoms with van der Waals surface area (Å²) in [6, 6.07) is -0.131. The van der Waals surface area contributed by atoms with Crippen LogP contribution in [0, 0.1) is 5.92 Å². The zero-order valence-corrected chi connectivity index (χ0v) is 12.8. The first-order chi connectivity index (χ1) is 10.1. The summed E-state index contributed by atoms with van der Waals surface area (Å²) in [6.45, 7) is 2.86. The van der Waals surface area contributed by atoms with Gasteiger partial charge in [0.25, 0.3) is 0 Å². The second-order valence-electron chi connectivity index (χ2n) is 6.13. The molecule has 2 aliphatic heterocycles. The lowest BCUT2D eigenvalue weighted by molar-refractivity contribution is -0.138. The molecule has 0 aromatic rings. The number of hydrogen-bond donors (Lipinski definition) is 1. The van der Waals surface area contributed by atoms with Gasteiger partial charge in [-0.2, -0.15) is 0 Å². The molecular formula is C15H26N2O4. The molecule has 2 aliphatic rings. The van der Waals surface area contributed by atoms with Crippen LogP contribution in [0.2, 0.25) is 0 Å². The van der Waals surface area contributed by atoms with Crippen molar-refractivity contribution in [2.45, 2.75) is 44.6 Å². The molecule has 120 valence electrons. The molecule has 2 heterocycles. The largest absolute Gasteiger partial charge is 0.481 e. The van der Waals surface area contributed by atoms with Gasteiger partial charge >= 0.3 is 12.0 Å². The smallest absolute Gasteiger partial charge is 0.320 e. The van der Waals surface area contributed by atoms with Gasteiger partial charge in [0.15, 0.2) is 0 Å². The minimum Gasteiger partial charge on any atom is -0.481 e. The number of ether oxygens (including phenoxy) is 1. The van der Waals surface area contributed by atoms with Crippen LogP contribution in [0.15, 0.2) is 0 Å². The third-order valence-electron chi connectivity index (χ3n) is 4.47. The van der Waals surface area contributed by atoms with E-state index in [1.165, 1.54) is 0 Å². The number of hydrogen-bond acceptors (Lipinski definition) is 3. The Labute approximate surface area is 126 Å². The fraction of sp³-hybridized carbons (Fsp3) is 0.867. The summed E-state index contributed by atoms with van der Waals surface area (Å²) in [5, 5.41) is 9.02. The molecule has 2 atom stereocenters. The molecule has 2 fully saturated rings. The van der Waals surface area contributed by atoms with E-state index >= 15 is 0 Å². The SMILES string of the molecule is COCC1CCCN(C(=O)N2CCCCC2CC(=O)O)C1. The Kier molecular flexibility index (Phi) is 5.85. The maximum absolute atomic E-state index is 12.7. The quantitative estimate of drug-likeness (QED) is 0.859. The number of carbonyl (C=O) groups is 2. The first kappa shape index (κ1) is 16.1. The van der Waals surface area contributed by atoms with E-state index in [2.05, 4.69) is 0 Å². The van der Waals surface area contributed by atoms with Gasteiger partial charge in [-0.15, -0.1) is 0 Å². The summed E-state index contributed by atoms with van der Waals surface area (Å²) >= 11 is 0. The van der Waals surface area contributed by atoms with Crippen molar-refractivity contribution in [3.05, 3.63) is 0 Å². The van der Waals surface area contributed by atoms with Crippen LogP contribution in [0.3, 0.4) is 0 Å². The molecule has 0 spiro atoms. The van der Waals surface area contributed by atoms with Gasteiger partial charge < -0.3 is 19.6 Å². The van der Waals surface area contributed by atoms with E-state index in [1.54, 1.807) is 12.0 Å². The highest BCUT2D eigenvalue weighted by atomic mass is 16.5. The molecule has 2 rings (SSSR count). The lowest BCUT2D eigenvalue weighted by atomic mass is 9.97. The molecule has 21 heavy (non-hydrogen) atoms. The van der Waals surface area contributed by atoms with E-state index < -0.39 is 5.97 Å². The number of carboxylic acids is 1. The van der Waals surface area contributed by atoms with E-state index in [1.807, 2.05) is 4.90 Å². The number of rotatable bonds is 4. The Balaban J connectivity index is 1.97. The highest BCUT2D eigenvalue weighted by molar-refractivity contribution is 5.76. The topological polar surface area (TPSA) is 70.1 Å². The summed E-state index contributed by atoms with van der Waals surface area (Å²) in [5.41, 5.74) is 0. The summed E-state index contributed by atoms with van der Waals surface area (Å²) < 4.78 is 5.20. The van der Waals surface area contributed by atoms with Gasteiger partial charge in [0, 0.05) is 38.7 Å². The van der Waals surface area contributed by atoms with Gasteiger partial charge in [-0.3, -0.25) is 4.79 Å². The van der Waals surface area contributed by atoms with Gasteiger partial charge in [0.1, 0.15) is 0 Å². The van der Waals surface area contributed by atoms with Gasteiger partial charge in [0.2, 0.25) is 0 Å². The third-order valence-corrected chi connectivity index (χ3v) is 4.47. The van der Waals surface area contributed by atoms with Crippen molar-refractivity contribution in [3.8, 4) is 0 Å². The Hall–Kier alpha value is -1.30. The Bertz CT molecular complexity index is 373. The second-order valence-corrected chi connectivity index (χ2v) is 6.13. The zero-order chi connectivity index (χ0) is 15.2. The number of carboxylic acid groups (broad SMARTS) is 1. The van der Waals surface area contributed by atoms with Crippen molar-refractivity contribution in [1.29, 1.82) is 0 Å². The highest BCUT2D eigenvalue weighted by Crippen LogP contribution is 2.24.